The molecule has 5 heteroatoms. The first kappa shape index (κ1) is 11.9. The molecule has 0 saturated carbocycles. The van der Waals surface area contributed by atoms with Crippen molar-refractivity contribution in [1.82, 2.24) is 0 Å². The van der Waals surface area contributed by atoms with Crippen molar-refractivity contribution in [3.8, 4) is 0 Å². The predicted molar refractivity (Wildman–Crippen MR) is 69.3 cm³/mol. The Kier molecular flexibility index (Phi) is 2.75. The fraction of sp³-hybridized carbons (Fsp3) is 0.385. The molecule has 2 aliphatic rings. The fourth-order valence-electron chi connectivity index (χ4n) is 2.47. The van der Waals surface area contributed by atoms with E-state index in [4.69, 9.17) is 4.74 Å². The summed E-state index contributed by atoms with van der Waals surface area (Å²) in [4.78, 5) is 25.7. The van der Waals surface area contributed by atoms with Crippen molar-refractivity contribution < 1.29 is 14.3 Å². The molecular weight excluding hydrogens is 298 g/mol. The summed E-state index contributed by atoms with van der Waals surface area (Å²) in [5.74, 6) is -0.482. The van der Waals surface area contributed by atoms with Crippen LogP contribution >= 0.6 is 15.9 Å². The molecular formula is C13H12BrNO3. The van der Waals surface area contributed by atoms with Gasteiger partial charge in [-0.3, -0.25) is 9.59 Å². The summed E-state index contributed by atoms with van der Waals surface area (Å²) in [6.07, 6.45) is 0.370. The number of morpholine rings is 1. The van der Waals surface area contributed by atoms with E-state index in [0.29, 0.717) is 18.5 Å². The van der Waals surface area contributed by atoms with Gasteiger partial charge in [0.05, 0.1) is 5.69 Å². The quantitative estimate of drug-likeness (QED) is 0.747. The fourth-order valence-corrected chi connectivity index (χ4v) is 2.83. The van der Waals surface area contributed by atoms with Crippen molar-refractivity contribution >= 4 is 33.4 Å². The van der Waals surface area contributed by atoms with Gasteiger partial charge in [-0.15, -0.1) is 0 Å². The molecule has 94 valence electrons. The number of halogens is 1. The SMILES string of the molecule is Cc1c(Br)cccc1N1C(=O)C2CCC(O2)C1=O. The molecule has 0 radical (unpaired) electrons. The van der Waals surface area contributed by atoms with Gasteiger partial charge in [0.2, 0.25) is 0 Å². The number of anilines is 1. The number of hydrogen-bond donors (Lipinski definition) is 0. The number of fused-ring (bicyclic) bond motifs is 2. The molecule has 0 spiro atoms. The van der Waals surface area contributed by atoms with Gasteiger partial charge in [0.1, 0.15) is 12.2 Å². The van der Waals surface area contributed by atoms with Crippen LogP contribution in [0.3, 0.4) is 0 Å². The number of ether oxygens (including phenoxy) is 1. The maximum Gasteiger partial charge on any atom is 0.262 e. The first-order valence-electron chi connectivity index (χ1n) is 5.88. The van der Waals surface area contributed by atoms with Crippen LogP contribution in [-0.2, 0) is 14.3 Å². The Hall–Kier alpha value is -1.20. The Labute approximate surface area is 113 Å². The van der Waals surface area contributed by atoms with Crippen molar-refractivity contribution in [3.63, 3.8) is 0 Å². The van der Waals surface area contributed by atoms with Crippen LogP contribution < -0.4 is 4.90 Å². The number of benzene rings is 1. The highest BCUT2D eigenvalue weighted by Crippen LogP contribution is 2.34. The Morgan fingerprint density at radius 2 is 1.83 bits per heavy atom. The van der Waals surface area contributed by atoms with E-state index in [2.05, 4.69) is 15.9 Å². The molecule has 2 bridgehead atoms. The number of rotatable bonds is 1. The highest BCUT2D eigenvalue weighted by molar-refractivity contribution is 9.10. The maximum atomic E-state index is 12.2. The molecule has 2 atom stereocenters. The number of carbonyl (C=O) groups excluding carboxylic acids is 2. The second-order valence-corrected chi connectivity index (χ2v) is 5.44. The van der Waals surface area contributed by atoms with Crippen molar-refractivity contribution in [3.05, 3.63) is 28.2 Å². The summed E-state index contributed by atoms with van der Waals surface area (Å²) in [6, 6.07) is 5.51. The molecule has 3 rings (SSSR count). The second kappa shape index (κ2) is 4.17. The zero-order chi connectivity index (χ0) is 12.9. The summed E-state index contributed by atoms with van der Waals surface area (Å²) in [6.45, 7) is 1.89. The second-order valence-electron chi connectivity index (χ2n) is 4.59. The van der Waals surface area contributed by atoms with Crippen molar-refractivity contribution in [1.29, 1.82) is 0 Å². The van der Waals surface area contributed by atoms with E-state index in [1.54, 1.807) is 6.07 Å². The van der Waals surface area contributed by atoms with Crippen LogP contribution in [0.4, 0.5) is 5.69 Å². The first-order valence-corrected chi connectivity index (χ1v) is 6.67. The highest BCUT2D eigenvalue weighted by atomic mass is 79.9. The van der Waals surface area contributed by atoms with E-state index in [1.807, 2.05) is 19.1 Å². The lowest BCUT2D eigenvalue weighted by atomic mass is 10.1. The summed E-state index contributed by atoms with van der Waals surface area (Å²) in [5, 5.41) is 0. The molecule has 1 aromatic carbocycles. The Morgan fingerprint density at radius 1 is 1.22 bits per heavy atom. The lowest BCUT2D eigenvalue weighted by Crippen LogP contribution is -2.52. The monoisotopic (exact) mass is 309 g/mol. The molecule has 18 heavy (non-hydrogen) atoms. The molecule has 2 saturated heterocycles. The van der Waals surface area contributed by atoms with Gasteiger partial charge in [-0.1, -0.05) is 22.0 Å². The van der Waals surface area contributed by atoms with Gasteiger partial charge in [0, 0.05) is 4.47 Å². The average molecular weight is 310 g/mol. The van der Waals surface area contributed by atoms with Gasteiger partial charge < -0.3 is 4.74 Å². The Morgan fingerprint density at radius 3 is 2.44 bits per heavy atom. The molecule has 0 aromatic heterocycles. The Balaban J connectivity index is 2.08. The molecule has 2 heterocycles. The van der Waals surface area contributed by atoms with E-state index >= 15 is 0 Å². The summed E-state index contributed by atoms with van der Waals surface area (Å²) in [7, 11) is 0. The zero-order valence-corrected chi connectivity index (χ0v) is 11.4. The normalized spacial score (nSPS) is 26.9. The highest BCUT2D eigenvalue weighted by Gasteiger charge is 2.47. The smallest absolute Gasteiger partial charge is 0.262 e. The van der Waals surface area contributed by atoms with Gasteiger partial charge in [-0.2, -0.15) is 0 Å². The third-order valence-corrected chi connectivity index (χ3v) is 4.35. The van der Waals surface area contributed by atoms with Gasteiger partial charge >= 0.3 is 0 Å². The van der Waals surface area contributed by atoms with E-state index in [1.165, 1.54) is 4.90 Å². The number of imide groups is 1. The number of carbonyl (C=O) groups is 2. The number of amides is 2. The molecule has 2 unspecified atom stereocenters. The van der Waals surface area contributed by atoms with Crippen molar-refractivity contribution in [2.45, 2.75) is 32.0 Å². The standard InChI is InChI=1S/C13H12BrNO3/c1-7-8(14)3-2-4-9(7)15-12(16)10-5-6-11(18-10)13(15)17/h2-4,10-11H,5-6H2,1H3. The first-order chi connectivity index (χ1) is 8.59. The van der Waals surface area contributed by atoms with Crippen molar-refractivity contribution in [2.75, 3.05) is 4.90 Å². The third-order valence-electron chi connectivity index (χ3n) is 3.49. The van der Waals surface area contributed by atoms with Crippen LogP contribution in [-0.4, -0.2) is 24.0 Å². The van der Waals surface area contributed by atoms with E-state index in [9.17, 15) is 9.59 Å². The summed E-state index contributed by atoms with van der Waals surface area (Å²) < 4.78 is 6.28. The molecule has 2 amide bonds. The van der Waals surface area contributed by atoms with Gasteiger partial charge in [-0.25, -0.2) is 4.90 Å². The van der Waals surface area contributed by atoms with Crippen LogP contribution in [0.1, 0.15) is 18.4 Å². The van der Waals surface area contributed by atoms with E-state index in [-0.39, 0.29) is 11.8 Å². The third kappa shape index (κ3) is 1.61. The lowest BCUT2D eigenvalue weighted by Gasteiger charge is -2.31. The van der Waals surface area contributed by atoms with Gasteiger partial charge in [-0.05, 0) is 37.5 Å². The minimum absolute atomic E-state index is 0.241. The predicted octanol–water partition coefficient (Wildman–Crippen LogP) is 2.18. The number of hydrogen-bond acceptors (Lipinski definition) is 3. The topological polar surface area (TPSA) is 46.6 Å². The molecule has 2 fully saturated rings. The molecule has 4 nitrogen and oxygen atoms in total. The van der Waals surface area contributed by atoms with Crippen LogP contribution in [0.2, 0.25) is 0 Å². The Bertz CT molecular complexity index is 521. The molecule has 0 aliphatic carbocycles. The molecule has 1 aromatic rings. The van der Waals surface area contributed by atoms with Crippen LogP contribution in [0.15, 0.2) is 22.7 Å². The largest absolute Gasteiger partial charge is 0.355 e. The van der Waals surface area contributed by atoms with Crippen LogP contribution in [0.25, 0.3) is 0 Å². The van der Waals surface area contributed by atoms with Crippen molar-refractivity contribution in [2.24, 2.45) is 0 Å². The minimum Gasteiger partial charge on any atom is -0.355 e. The molecule has 0 N–H and O–H groups in total. The van der Waals surface area contributed by atoms with E-state index < -0.39 is 12.2 Å². The lowest BCUT2D eigenvalue weighted by molar-refractivity contribution is -0.146. The van der Waals surface area contributed by atoms with Gasteiger partial charge in [0.15, 0.2) is 0 Å². The molecule has 2 aliphatic heterocycles. The van der Waals surface area contributed by atoms with Crippen LogP contribution in [0, 0.1) is 6.92 Å². The minimum atomic E-state index is -0.453. The maximum absolute atomic E-state index is 12.2. The average Bonchev–Trinajstić information content (AvgIpc) is 2.79. The summed E-state index contributed by atoms with van der Waals surface area (Å²) >= 11 is 3.42. The number of nitrogens with zero attached hydrogens (tertiary/aromatic N) is 1. The van der Waals surface area contributed by atoms with E-state index in [0.717, 1.165) is 10.0 Å². The van der Waals surface area contributed by atoms with Crippen LogP contribution in [0.5, 0.6) is 0 Å². The summed E-state index contributed by atoms with van der Waals surface area (Å²) in [5.41, 5.74) is 1.54. The zero-order valence-electron chi connectivity index (χ0n) is 9.85. The van der Waals surface area contributed by atoms with Gasteiger partial charge in [0.25, 0.3) is 11.8 Å².